The first kappa shape index (κ1) is 21.5. The number of alkyl halides is 2. The Labute approximate surface area is 170 Å². The van der Waals surface area contributed by atoms with Crippen LogP contribution in [0.1, 0.15) is 31.2 Å². The zero-order valence-corrected chi connectivity index (χ0v) is 16.6. The van der Waals surface area contributed by atoms with E-state index in [-0.39, 0.29) is 24.0 Å². The smallest absolute Gasteiger partial charge is 0.387 e. The highest BCUT2D eigenvalue weighted by Gasteiger charge is 2.29. The van der Waals surface area contributed by atoms with Crippen LogP contribution in [0.2, 0.25) is 0 Å². The number of nitrogens with zero attached hydrogens (tertiary/aromatic N) is 2. The summed E-state index contributed by atoms with van der Waals surface area (Å²) in [4.78, 5) is 28.8. The SMILES string of the molecule is O=C(Cc1cccc(OC(F)F)c1)NCCN1CCN(C(=O)C2CCCC2)CC1. The summed E-state index contributed by atoms with van der Waals surface area (Å²) in [6, 6.07) is 6.18. The third-order valence-electron chi connectivity index (χ3n) is 5.63. The van der Waals surface area contributed by atoms with Crippen molar-refractivity contribution >= 4 is 11.8 Å². The molecule has 29 heavy (non-hydrogen) atoms. The number of carbonyl (C=O) groups is 2. The van der Waals surface area contributed by atoms with Gasteiger partial charge in [0.2, 0.25) is 11.8 Å². The number of hydrogen-bond acceptors (Lipinski definition) is 4. The number of carbonyl (C=O) groups excluding carboxylic acids is 2. The van der Waals surface area contributed by atoms with E-state index in [4.69, 9.17) is 0 Å². The molecule has 2 aliphatic rings. The van der Waals surface area contributed by atoms with Crippen molar-refractivity contribution in [3.8, 4) is 5.75 Å². The Bertz CT molecular complexity index is 688. The molecule has 1 N–H and O–H groups in total. The number of benzene rings is 1. The zero-order valence-electron chi connectivity index (χ0n) is 16.6. The summed E-state index contributed by atoms with van der Waals surface area (Å²) >= 11 is 0. The Morgan fingerprint density at radius 3 is 2.55 bits per heavy atom. The molecule has 1 heterocycles. The summed E-state index contributed by atoms with van der Waals surface area (Å²) in [7, 11) is 0. The number of halogens is 2. The van der Waals surface area contributed by atoms with Crippen LogP contribution in [0, 0.1) is 5.92 Å². The van der Waals surface area contributed by atoms with Crippen molar-refractivity contribution in [1.29, 1.82) is 0 Å². The molecule has 8 heteroatoms. The summed E-state index contributed by atoms with van der Waals surface area (Å²) < 4.78 is 28.9. The van der Waals surface area contributed by atoms with Gasteiger partial charge in [0.05, 0.1) is 6.42 Å². The van der Waals surface area contributed by atoms with Gasteiger partial charge in [0, 0.05) is 45.2 Å². The summed E-state index contributed by atoms with van der Waals surface area (Å²) in [5.74, 6) is 0.434. The van der Waals surface area contributed by atoms with E-state index in [0.29, 0.717) is 18.0 Å². The van der Waals surface area contributed by atoms with Crippen molar-refractivity contribution in [3.63, 3.8) is 0 Å². The van der Waals surface area contributed by atoms with Gasteiger partial charge in [0.15, 0.2) is 0 Å². The summed E-state index contributed by atoms with van der Waals surface area (Å²) in [6.45, 7) is 1.50. The van der Waals surface area contributed by atoms with Gasteiger partial charge in [-0.25, -0.2) is 0 Å². The summed E-state index contributed by atoms with van der Waals surface area (Å²) in [5.41, 5.74) is 0.625. The molecule has 0 unspecified atom stereocenters. The Hall–Kier alpha value is -2.22. The lowest BCUT2D eigenvalue weighted by Gasteiger charge is -2.36. The molecule has 2 fully saturated rings. The molecular weight excluding hydrogens is 380 g/mol. The lowest BCUT2D eigenvalue weighted by atomic mass is 10.1. The number of hydrogen-bond donors (Lipinski definition) is 1. The lowest BCUT2D eigenvalue weighted by Crippen LogP contribution is -2.51. The minimum absolute atomic E-state index is 0.0512. The molecule has 0 spiro atoms. The van der Waals surface area contributed by atoms with E-state index in [1.165, 1.54) is 25.0 Å². The van der Waals surface area contributed by atoms with Crippen molar-refractivity contribution in [2.24, 2.45) is 5.92 Å². The molecule has 0 aromatic heterocycles. The molecule has 1 aliphatic heterocycles. The highest BCUT2D eigenvalue weighted by Crippen LogP contribution is 2.26. The number of rotatable bonds is 8. The number of piperazine rings is 1. The molecule has 1 aromatic rings. The summed E-state index contributed by atoms with van der Waals surface area (Å²) in [5, 5.41) is 2.87. The minimum atomic E-state index is -2.88. The van der Waals surface area contributed by atoms with Gasteiger partial charge in [-0.15, -0.1) is 0 Å². The second kappa shape index (κ2) is 10.5. The molecule has 1 aliphatic carbocycles. The minimum Gasteiger partial charge on any atom is -0.435 e. The molecule has 1 saturated carbocycles. The predicted octanol–water partition coefficient (Wildman–Crippen LogP) is 2.28. The third-order valence-corrected chi connectivity index (χ3v) is 5.63. The van der Waals surface area contributed by atoms with E-state index < -0.39 is 6.61 Å². The molecule has 2 amide bonds. The monoisotopic (exact) mass is 409 g/mol. The van der Waals surface area contributed by atoms with Crippen LogP contribution < -0.4 is 10.1 Å². The van der Waals surface area contributed by atoms with Gasteiger partial charge < -0.3 is 15.0 Å². The van der Waals surface area contributed by atoms with Crippen LogP contribution in [0.5, 0.6) is 5.75 Å². The van der Waals surface area contributed by atoms with Gasteiger partial charge in [0.1, 0.15) is 5.75 Å². The second-order valence-corrected chi connectivity index (χ2v) is 7.70. The zero-order chi connectivity index (χ0) is 20.6. The van der Waals surface area contributed by atoms with E-state index in [0.717, 1.165) is 45.6 Å². The van der Waals surface area contributed by atoms with Crippen LogP contribution >= 0.6 is 0 Å². The van der Waals surface area contributed by atoms with Crippen molar-refractivity contribution in [2.75, 3.05) is 39.3 Å². The van der Waals surface area contributed by atoms with Gasteiger partial charge in [-0.2, -0.15) is 8.78 Å². The van der Waals surface area contributed by atoms with Crippen LogP contribution in [-0.2, 0) is 16.0 Å². The number of amides is 2. The molecule has 0 radical (unpaired) electrons. The maximum absolute atomic E-state index is 12.5. The molecule has 0 bridgehead atoms. The fraction of sp³-hybridized carbons (Fsp3) is 0.619. The average molecular weight is 409 g/mol. The van der Waals surface area contributed by atoms with Crippen LogP contribution in [0.3, 0.4) is 0 Å². The number of nitrogens with one attached hydrogen (secondary N) is 1. The fourth-order valence-corrected chi connectivity index (χ4v) is 4.06. The molecule has 1 saturated heterocycles. The van der Waals surface area contributed by atoms with Gasteiger partial charge in [-0.3, -0.25) is 14.5 Å². The van der Waals surface area contributed by atoms with E-state index in [1.54, 1.807) is 12.1 Å². The van der Waals surface area contributed by atoms with E-state index >= 15 is 0 Å². The topological polar surface area (TPSA) is 61.9 Å². The Balaban J connectivity index is 1.33. The molecular formula is C21H29F2N3O3. The first-order chi connectivity index (χ1) is 14.0. The molecule has 1 aromatic carbocycles. The second-order valence-electron chi connectivity index (χ2n) is 7.70. The van der Waals surface area contributed by atoms with Gasteiger partial charge in [0.25, 0.3) is 0 Å². The Morgan fingerprint density at radius 1 is 1.14 bits per heavy atom. The average Bonchev–Trinajstić information content (AvgIpc) is 3.22. The highest BCUT2D eigenvalue weighted by atomic mass is 19.3. The lowest BCUT2D eigenvalue weighted by molar-refractivity contribution is -0.137. The Kier molecular flexibility index (Phi) is 7.80. The van der Waals surface area contributed by atoms with E-state index in [2.05, 4.69) is 15.0 Å². The first-order valence-corrected chi connectivity index (χ1v) is 10.3. The standard InChI is InChI=1S/C21H29F2N3O3/c22-21(23)29-18-7-3-4-16(14-18)15-19(27)24-8-9-25-10-12-26(13-11-25)20(28)17-5-1-2-6-17/h3-4,7,14,17,21H,1-2,5-6,8-13,15H2,(H,24,27). The van der Waals surface area contributed by atoms with Crippen molar-refractivity contribution in [3.05, 3.63) is 29.8 Å². The highest BCUT2D eigenvalue weighted by molar-refractivity contribution is 5.79. The van der Waals surface area contributed by atoms with E-state index in [9.17, 15) is 18.4 Å². The number of ether oxygens (including phenoxy) is 1. The van der Waals surface area contributed by atoms with E-state index in [1.807, 2.05) is 4.90 Å². The normalized spacial score (nSPS) is 18.2. The van der Waals surface area contributed by atoms with Crippen LogP contribution in [0.25, 0.3) is 0 Å². The van der Waals surface area contributed by atoms with Crippen molar-refractivity contribution in [2.45, 2.75) is 38.7 Å². The predicted molar refractivity (Wildman–Crippen MR) is 105 cm³/mol. The van der Waals surface area contributed by atoms with Crippen LogP contribution in [-0.4, -0.2) is 67.5 Å². The molecule has 6 nitrogen and oxygen atoms in total. The third kappa shape index (κ3) is 6.66. The quantitative estimate of drug-likeness (QED) is 0.716. The van der Waals surface area contributed by atoms with Crippen LogP contribution in [0.15, 0.2) is 24.3 Å². The first-order valence-electron chi connectivity index (χ1n) is 10.3. The van der Waals surface area contributed by atoms with Gasteiger partial charge in [-0.1, -0.05) is 25.0 Å². The molecule has 0 atom stereocenters. The maximum Gasteiger partial charge on any atom is 0.387 e. The van der Waals surface area contributed by atoms with Crippen molar-refractivity contribution in [1.82, 2.24) is 15.1 Å². The molecule has 160 valence electrons. The maximum atomic E-state index is 12.5. The largest absolute Gasteiger partial charge is 0.435 e. The van der Waals surface area contributed by atoms with Gasteiger partial charge in [-0.05, 0) is 30.5 Å². The Morgan fingerprint density at radius 2 is 1.86 bits per heavy atom. The molecule has 3 rings (SSSR count). The van der Waals surface area contributed by atoms with Gasteiger partial charge >= 0.3 is 6.61 Å². The fourth-order valence-electron chi connectivity index (χ4n) is 4.06. The summed E-state index contributed by atoms with van der Waals surface area (Å²) in [6.07, 6.45) is 4.51. The van der Waals surface area contributed by atoms with Crippen LogP contribution in [0.4, 0.5) is 8.78 Å². The van der Waals surface area contributed by atoms with Crippen molar-refractivity contribution < 1.29 is 23.1 Å².